The maximum atomic E-state index is 11.2. The van der Waals surface area contributed by atoms with Crippen LogP contribution in [0, 0.1) is 17.2 Å². The first-order chi connectivity index (χ1) is 7.71. The highest BCUT2D eigenvalue weighted by Gasteiger charge is 2.19. The first-order valence-electron chi connectivity index (χ1n) is 4.67. The van der Waals surface area contributed by atoms with E-state index in [0.29, 0.717) is 12.3 Å². The highest BCUT2D eigenvalue weighted by molar-refractivity contribution is 5.75. The van der Waals surface area contributed by atoms with E-state index in [1.807, 2.05) is 6.07 Å². The minimum Gasteiger partial charge on any atom is -0.481 e. The Morgan fingerprint density at radius 2 is 2.38 bits per heavy atom. The summed E-state index contributed by atoms with van der Waals surface area (Å²) in [6.07, 6.45) is 1.86. The number of carbonyl (C=O) groups excluding carboxylic acids is 1. The Labute approximate surface area is 93.6 Å². The van der Waals surface area contributed by atoms with Gasteiger partial charge in [-0.2, -0.15) is 5.26 Å². The number of hydrogen-bond acceptors (Lipinski definition) is 5. The summed E-state index contributed by atoms with van der Waals surface area (Å²) >= 11 is 0. The molecule has 0 bridgehead atoms. The highest BCUT2D eigenvalue weighted by atomic mass is 16.5. The zero-order valence-electron chi connectivity index (χ0n) is 9.14. The summed E-state index contributed by atoms with van der Waals surface area (Å²) in [5.74, 6) is -0.866. The van der Waals surface area contributed by atoms with Gasteiger partial charge in [0.05, 0.1) is 20.3 Å². The number of methoxy groups -OCH3 is 2. The third kappa shape index (κ3) is 2.95. The highest BCUT2D eigenvalue weighted by Crippen LogP contribution is 2.13. The molecule has 0 radical (unpaired) electrons. The molecule has 0 fully saturated rings. The van der Waals surface area contributed by atoms with Crippen LogP contribution in [-0.2, 0) is 16.0 Å². The van der Waals surface area contributed by atoms with Gasteiger partial charge >= 0.3 is 5.97 Å². The van der Waals surface area contributed by atoms with Crippen LogP contribution in [0.1, 0.15) is 5.56 Å². The third-order valence-electron chi connectivity index (χ3n) is 2.09. The van der Waals surface area contributed by atoms with Crippen molar-refractivity contribution in [2.24, 2.45) is 5.92 Å². The predicted molar refractivity (Wildman–Crippen MR) is 55.6 cm³/mol. The molecule has 0 aliphatic rings. The van der Waals surface area contributed by atoms with Crippen molar-refractivity contribution in [3.63, 3.8) is 0 Å². The van der Waals surface area contributed by atoms with Gasteiger partial charge in [0.15, 0.2) is 0 Å². The van der Waals surface area contributed by atoms with Crippen molar-refractivity contribution in [1.82, 2.24) is 4.98 Å². The van der Waals surface area contributed by atoms with E-state index in [4.69, 9.17) is 10.00 Å². The molecule has 0 N–H and O–H groups in total. The molecule has 0 saturated carbocycles. The molecule has 0 spiro atoms. The molecule has 0 aliphatic heterocycles. The molecule has 1 aromatic heterocycles. The number of esters is 1. The first kappa shape index (κ1) is 12.0. The van der Waals surface area contributed by atoms with Gasteiger partial charge in [0.1, 0.15) is 5.92 Å². The van der Waals surface area contributed by atoms with Gasteiger partial charge in [-0.05, 0) is 18.1 Å². The van der Waals surface area contributed by atoms with Crippen molar-refractivity contribution in [3.8, 4) is 11.9 Å². The van der Waals surface area contributed by atoms with Crippen LogP contribution in [0.5, 0.6) is 5.88 Å². The molecule has 0 saturated heterocycles. The van der Waals surface area contributed by atoms with Crippen LogP contribution in [0.2, 0.25) is 0 Å². The van der Waals surface area contributed by atoms with Crippen molar-refractivity contribution in [3.05, 3.63) is 23.9 Å². The van der Waals surface area contributed by atoms with Crippen LogP contribution in [0.15, 0.2) is 18.3 Å². The van der Waals surface area contributed by atoms with Crippen LogP contribution in [0.4, 0.5) is 0 Å². The van der Waals surface area contributed by atoms with Crippen molar-refractivity contribution >= 4 is 5.97 Å². The van der Waals surface area contributed by atoms with E-state index in [0.717, 1.165) is 5.56 Å². The molecular formula is C11H12N2O3. The van der Waals surface area contributed by atoms with Gasteiger partial charge in [0, 0.05) is 12.3 Å². The van der Waals surface area contributed by atoms with Crippen LogP contribution < -0.4 is 4.74 Å². The second-order valence-electron chi connectivity index (χ2n) is 3.12. The summed E-state index contributed by atoms with van der Waals surface area (Å²) in [6, 6.07) is 5.32. The molecule has 1 heterocycles. The van der Waals surface area contributed by atoms with Crippen molar-refractivity contribution in [2.75, 3.05) is 14.2 Å². The number of nitrogens with zero attached hydrogens (tertiary/aromatic N) is 2. The van der Waals surface area contributed by atoms with E-state index in [2.05, 4.69) is 9.72 Å². The summed E-state index contributed by atoms with van der Waals surface area (Å²) in [5, 5.41) is 8.82. The van der Waals surface area contributed by atoms with Crippen LogP contribution >= 0.6 is 0 Å². The molecule has 0 aromatic carbocycles. The van der Waals surface area contributed by atoms with Gasteiger partial charge < -0.3 is 9.47 Å². The van der Waals surface area contributed by atoms with E-state index in [1.165, 1.54) is 14.2 Å². The molecule has 16 heavy (non-hydrogen) atoms. The Kier molecular flexibility index (Phi) is 4.28. The summed E-state index contributed by atoms with van der Waals surface area (Å²) in [5.41, 5.74) is 0.809. The normalized spacial score (nSPS) is 11.3. The quantitative estimate of drug-likeness (QED) is 0.706. The Morgan fingerprint density at radius 1 is 1.62 bits per heavy atom. The van der Waals surface area contributed by atoms with Gasteiger partial charge in [0.25, 0.3) is 0 Å². The Hall–Kier alpha value is -2.09. The lowest BCUT2D eigenvalue weighted by Crippen LogP contribution is -2.16. The zero-order chi connectivity index (χ0) is 12.0. The second-order valence-corrected chi connectivity index (χ2v) is 3.12. The Morgan fingerprint density at radius 3 is 2.94 bits per heavy atom. The molecule has 1 atom stereocenters. The Balaban J connectivity index is 2.78. The number of aromatic nitrogens is 1. The number of nitriles is 1. The topological polar surface area (TPSA) is 72.2 Å². The third-order valence-corrected chi connectivity index (χ3v) is 2.09. The first-order valence-corrected chi connectivity index (χ1v) is 4.67. The number of ether oxygens (including phenoxy) is 2. The van der Waals surface area contributed by atoms with Gasteiger partial charge in [-0.3, -0.25) is 4.79 Å². The number of carbonyl (C=O) groups is 1. The maximum absolute atomic E-state index is 11.2. The van der Waals surface area contributed by atoms with E-state index in [1.54, 1.807) is 18.3 Å². The summed E-state index contributed by atoms with van der Waals surface area (Å²) in [6.45, 7) is 0. The SMILES string of the molecule is COC(=O)C(C#N)Cc1ccnc(OC)c1. The van der Waals surface area contributed by atoms with E-state index >= 15 is 0 Å². The minimum absolute atomic E-state index is 0.294. The molecule has 0 aliphatic carbocycles. The maximum Gasteiger partial charge on any atom is 0.323 e. The van der Waals surface area contributed by atoms with Gasteiger partial charge in [-0.15, -0.1) is 0 Å². The number of rotatable bonds is 4. The van der Waals surface area contributed by atoms with Crippen molar-refractivity contribution in [1.29, 1.82) is 5.26 Å². The molecule has 1 unspecified atom stereocenters. The fraction of sp³-hybridized carbons (Fsp3) is 0.364. The van der Waals surface area contributed by atoms with Crippen molar-refractivity contribution < 1.29 is 14.3 Å². The molecule has 0 amide bonds. The fourth-order valence-electron chi connectivity index (χ4n) is 1.25. The standard InChI is InChI=1S/C11H12N2O3/c1-15-10-6-8(3-4-13-10)5-9(7-12)11(14)16-2/h3-4,6,9H,5H2,1-2H3. The minimum atomic E-state index is -0.794. The van der Waals surface area contributed by atoms with Gasteiger partial charge in [-0.25, -0.2) is 4.98 Å². The van der Waals surface area contributed by atoms with Crippen LogP contribution in [0.3, 0.4) is 0 Å². The smallest absolute Gasteiger partial charge is 0.323 e. The van der Waals surface area contributed by atoms with E-state index in [-0.39, 0.29) is 0 Å². The van der Waals surface area contributed by atoms with Gasteiger partial charge in [0.2, 0.25) is 5.88 Å². The lowest BCUT2D eigenvalue weighted by molar-refractivity contribution is -0.143. The predicted octanol–water partition coefficient (Wildman–Crippen LogP) is 0.945. The average molecular weight is 220 g/mol. The summed E-state index contributed by atoms with van der Waals surface area (Å²) in [4.78, 5) is 15.1. The average Bonchev–Trinajstić information content (AvgIpc) is 2.35. The molecule has 1 rings (SSSR count). The summed E-state index contributed by atoms with van der Waals surface area (Å²) in [7, 11) is 2.77. The zero-order valence-corrected chi connectivity index (χ0v) is 9.14. The van der Waals surface area contributed by atoms with Crippen LogP contribution in [-0.4, -0.2) is 25.2 Å². The Bertz CT molecular complexity index is 412. The largest absolute Gasteiger partial charge is 0.481 e. The molecule has 5 heteroatoms. The van der Waals surface area contributed by atoms with Crippen molar-refractivity contribution in [2.45, 2.75) is 6.42 Å². The lowest BCUT2D eigenvalue weighted by Gasteiger charge is -2.07. The van der Waals surface area contributed by atoms with Crippen LogP contribution in [0.25, 0.3) is 0 Å². The van der Waals surface area contributed by atoms with Gasteiger partial charge in [-0.1, -0.05) is 0 Å². The number of pyridine rings is 1. The molecule has 1 aromatic rings. The molecular weight excluding hydrogens is 208 g/mol. The lowest BCUT2D eigenvalue weighted by atomic mass is 10.0. The van der Waals surface area contributed by atoms with E-state index in [9.17, 15) is 4.79 Å². The molecule has 5 nitrogen and oxygen atoms in total. The molecule has 84 valence electrons. The number of hydrogen-bond donors (Lipinski definition) is 0. The summed E-state index contributed by atoms with van der Waals surface area (Å²) < 4.78 is 9.47. The van der Waals surface area contributed by atoms with E-state index < -0.39 is 11.9 Å². The monoisotopic (exact) mass is 220 g/mol. The second kappa shape index (κ2) is 5.71. The fourth-order valence-corrected chi connectivity index (χ4v) is 1.25.